The van der Waals surface area contributed by atoms with E-state index in [0.29, 0.717) is 36.0 Å². The van der Waals surface area contributed by atoms with Crippen molar-refractivity contribution < 1.29 is 14.3 Å². The molecule has 2 heterocycles. The molecule has 1 fully saturated rings. The summed E-state index contributed by atoms with van der Waals surface area (Å²) in [4.78, 5) is 26.1. The first-order valence-corrected chi connectivity index (χ1v) is 8.98. The second-order valence-electron chi connectivity index (χ2n) is 6.08. The minimum atomic E-state index is -0.446. The van der Waals surface area contributed by atoms with Gasteiger partial charge in [0.25, 0.3) is 5.91 Å². The topological polar surface area (TPSA) is 76.5 Å². The predicted molar refractivity (Wildman–Crippen MR) is 97.7 cm³/mol. The van der Waals surface area contributed by atoms with Gasteiger partial charge in [-0.15, -0.1) is 0 Å². The highest BCUT2D eigenvalue weighted by Gasteiger charge is 2.26. The largest absolute Gasteiger partial charge is 0.450 e. The van der Waals surface area contributed by atoms with E-state index in [4.69, 9.17) is 16.3 Å². The van der Waals surface area contributed by atoms with Gasteiger partial charge >= 0.3 is 6.09 Å². The molecule has 2 amide bonds. The monoisotopic (exact) mass is 376 g/mol. The fraction of sp³-hybridized carbons (Fsp3) is 0.389. The molecule has 138 valence electrons. The number of rotatable bonds is 4. The summed E-state index contributed by atoms with van der Waals surface area (Å²) in [7, 11) is 0. The molecule has 8 heteroatoms. The number of likely N-dealkylation sites (tertiary alicyclic amines) is 1. The van der Waals surface area contributed by atoms with Gasteiger partial charge in [-0.3, -0.25) is 4.79 Å². The van der Waals surface area contributed by atoms with Crippen molar-refractivity contribution in [2.75, 3.05) is 19.7 Å². The maximum absolute atomic E-state index is 12.8. The number of alkyl carbamates (subject to hydrolysis) is 1. The number of ether oxygens (including phenoxy) is 1. The summed E-state index contributed by atoms with van der Waals surface area (Å²) < 4.78 is 6.50. The van der Waals surface area contributed by atoms with E-state index in [9.17, 15) is 9.59 Å². The molecule has 1 N–H and O–H groups in total. The highest BCUT2D eigenvalue weighted by molar-refractivity contribution is 6.32. The second-order valence-corrected chi connectivity index (χ2v) is 6.49. The van der Waals surface area contributed by atoms with Crippen molar-refractivity contribution in [3.63, 3.8) is 0 Å². The fourth-order valence-electron chi connectivity index (χ4n) is 3.00. The molecule has 0 radical (unpaired) electrons. The lowest BCUT2D eigenvalue weighted by Crippen LogP contribution is -2.49. The molecule has 3 rings (SSSR count). The van der Waals surface area contributed by atoms with Crippen molar-refractivity contribution in [2.45, 2.75) is 25.8 Å². The molecule has 1 aromatic carbocycles. The molecule has 1 saturated heterocycles. The van der Waals surface area contributed by atoms with Gasteiger partial charge in [0.05, 0.1) is 29.1 Å². The highest BCUT2D eigenvalue weighted by Crippen LogP contribution is 2.20. The van der Waals surface area contributed by atoms with Crippen LogP contribution in [0.3, 0.4) is 0 Å². The van der Waals surface area contributed by atoms with Gasteiger partial charge in [0.1, 0.15) is 0 Å². The lowest BCUT2D eigenvalue weighted by atomic mass is 10.1. The maximum Gasteiger partial charge on any atom is 0.407 e. The molecule has 1 aliphatic rings. The summed E-state index contributed by atoms with van der Waals surface area (Å²) in [5.41, 5.74) is 1.20. The Hall–Kier alpha value is -2.54. The van der Waals surface area contributed by atoms with Gasteiger partial charge in [0.15, 0.2) is 0 Å². The average Bonchev–Trinajstić information content (AvgIpc) is 3.11. The third kappa shape index (κ3) is 4.16. The van der Waals surface area contributed by atoms with E-state index in [1.54, 1.807) is 28.8 Å². The van der Waals surface area contributed by atoms with Gasteiger partial charge in [-0.2, -0.15) is 5.10 Å². The molecular weight excluding hydrogens is 356 g/mol. The molecule has 7 nitrogen and oxygen atoms in total. The first kappa shape index (κ1) is 18.3. The fourth-order valence-corrected chi connectivity index (χ4v) is 3.23. The smallest absolute Gasteiger partial charge is 0.407 e. The predicted octanol–water partition coefficient (Wildman–Crippen LogP) is 2.88. The summed E-state index contributed by atoms with van der Waals surface area (Å²) in [6.45, 7) is 3.18. The van der Waals surface area contributed by atoms with Crippen LogP contribution in [0.4, 0.5) is 4.79 Å². The maximum atomic E-state index is 12.8. The second kappa shape index (κ2) is 8.23. The zero-order valence-corrected chi connectivity index (χ0v) is 15.3. The van der Waals surface area contributed by atoms with Crippen LogP contribution in [-0.4, -0.2) is 52.4 Å². The van der Waals surface area contributed by atoms with Gasteiger partial charge in [-0.05, 0) is 31.9 Å². The molecule has 0 unspecified atom stereocenters. The third-order valence-electron chi connectivity index (χ3n) is 4.23. The lowest BCUT2D eigenvalue weighted by molar-refractivity contribution is 0.0686. The Labute approximate surface area is 156 Å². The average molecular weight is 377 g/mol. The van der Waals surface area contributed by atoms with Crippen LogP contribution in [0, 0.1) is 0 Å². The van der Waals surface area contributed by atoms with Crippen LogP contribution in [0.25, 0.3) is 5.69 Å². The van der Waals surface area contributed by atoms with E-state index in [-0.39, 0.29) is 11.9 Å². The number of nitrogens with one attached hydrogen (secondary N) is 1. The number of aromatic nitrogens is 2. The number of piperidine rings is 1. The summed E-state index contributed by atoms with van der Waals surface area (Å²) in [5, 5.41) is 7.61. The van der Waals surface area contributed by atoms with Crippen molar-refractivity contribution >= 4 is 23.6 Å². The lowest BCUT2D eigenvalue weighted by Gasteiger charge is -2.32. The number of nitrogens with zero attached hydrogens (tertiary/aromatic N) is 3. The molecule has 0 saturated carbocycles. The Morgan fingerprint density at radius 3 is 2.96 bits per heavy atom. The number of carbonyl (C=O) groups excluding carboxylic acids is 2. The van der Waals surface area contributed by atoms with Crippen LogP contribution in [0.1, 0.15) is 30.1 Å². The molecule has 2 aromatic rings. The Bertz CT molecular complexity index is 792. The van der Waals surface area contributed by atoms with E-state index >= 15 is 0 Å². The Morgan fingerprint density at radius 1 is 1.38 bits per heavy atom. The third-order valence-corrected chi connectivity index (χ3v) is 4.55. The van der Waals surface area contributed by atoms with Crippen LogP contribution in [0.5, 0.6) is 0 Å². The number of halogens is 1. The van der Waals surface area contributed by atoms with Crippen molar-refractivity contribution in [2.24, 2.45) is 0 Å². The number of carbonyl (C=O) groups is 2. The van der Waals surface area contributed by atoms with E-state index in [0.717, 1.165) is 12.8 Å². The standard InChI is InChI=1S/C18H21ClN4O3/c1-2-26-18(25)21-14-6-5-9-22(12-14)17(24)13-10-20-23(11-13)16-8-4-3-7-15(16)19/h3-4,7-8,10-11,14H,2,5-6,9,12H2,1H3,(H,21,25)/t14-/m0/s1. The van der Waals surface area contributed by atoms with Gasteiger partial charge in [-0.25, -0.2) is 9.48 Å². The summed E-state index contributed by atoms with van der Waals surface area (Å²) in [5.74, 6) is -0.112. The van der Waals surface area contributed by atoms with Crippen LogP contribution in [0.2, 0.25) is 5.02 Å². The van der Waals surface area contributed by atoms with Crippen molar-refractivity contribution in [3.8, 4) is 5.69 Å². The zero-order valence-electron chi connectivity index (χ0n) is 14.5. The molecule has 1 aliphatic heterocycles. The normalized spacial score (nSPS) is 17.0. The molecular formula is C18H21ClN4O3. The minimum Gasteiger partial charge on any atom is -0.450 e. The van der Waals surface area contributed by atoms with Crippen LogP contribution in [-0.2, 0) is 4.74 Å². The highest BCUT2D eigenvalue weighted by atomic mass is 35.5. The molecule has 0 bridgehead atoms. The Morgan fingerprint density at radius 2 is 2.19 bits per heavy atom. The Kier molecular flexibility index (Phi) is 5.78. The van der Waals surface area contributed by atoms with E-state index in [1.165, 1.54) is 6.20 Å². The van der Waals surface area contributed by atoms with Gasteiger partial charge in [-0.1, -0.05) is 23.7 Å². The van der Waals surface area contributed by atoms with Crippen molar-refractivity contribution in [1.29, 1.82) is 0 Å². The minimum absolute atomic E-state index is 0.106. The summed E-state index contributed by atoms with van der Waals surface area (Å²) >= 11 is 6.18. The van der Waals surface area contributed by atoms with Crippen LogP contribution < -0.4 is 5.32 Å². The molecule has 0 spiro atoms. The van der Waals surface area contributed by atoms with Gasteiger partial charge < -0.3 is 15.0 Å². The van der Waals surface area contributed by atoms with E-state index < -0.39 is 6.09 Å². The number of benzene rings is 1. The number of para-hydroxylation sites is 1. The zero-order chi connectivity index (χ0) is 18.5. The summed E-state index contributed by atoms with van der Waals surface area (Å²) in [6, 6.07) is 7.21. The summed E-state index contributed by atoms with van der Waals surface area (Å²) in [6.07, 6.45) is 4.40. The van der Waals surface area contributed by atoms with Crippen molar-refractivity contribution in [1.82, 2.24) is 20.0 Å². The van der Waals surface area contributed by atoms with E-state index in [2.05, 4.69) is 10.4 Å². The van der Waals surface area contributed by atoms with E-state index in [1.807, 2.05) is 18.2 Å². The van der Waals surface area contributed by atoms with Gasteiger partial charge in [0.2, 0.25) is 0 Å². The van der Waals surface area contributed by atoms with Crippen LogP contribution in [0.15, 0.2) is 36.7 Å². The number of hydrogen-bond acceptors (Lipinski definition) is 4. The molecule has 1 atom stereocenters. The Balaban J connectivity index is 1.67. The number of hydrogen-bond donors (Lipinski definition) is 1. The molecule has 1 aromatic heterocycles. The first-order chi connectivity index (χ1) is 12.6. The van der Waals surface area contributed by atoms with Gasteiger partial charge in [0, 0.05) is 25.3 Å². The quantitative estimate of drug-likeness (QED) is 0.890. The molecule has 26 heavy (non-hydrogen) atoms. The SMILES string of the molecule is CCOC(=O)N[C@H]1CCCN(C(=O)c2cnn(-c3ccccc3Cl)c2)C1. The van der Waals surface area contributed by atoms with Crippen molar-refractivity contribution in [3.05, 3.63) is 47.2 Å². The molecule has 0 aliphatic carbocycles. The number of amides is 2. The van der Waals surface area contributed by atoms with Crippen LogP contribution >= 0.6 is 11.6 Å². The first-order valence-electron chi connectivity index (χ1n) is 8.60.